The number of imide groups is 1. The average molecular weight is 292 g/mol. The highest BCUT2D eigenvalue weighted by Crippen LogP contribution is 2.13. The number of hydrogen-bond acceptors (Lipinski definition) is 3. The third-order valence-corrected chi connectivity index (χ3v) is 3.56. The van der Waals surface area contributed by atoms with Crippen molar-refractivity contribution in [3.05, 3.63) is 60.3 Å². The van der Waals surface area contributed by atoms with Crippen LogP contribution in [0.3, 0.4) is 0 Å². The van der Waals surface area contributed by atoms with Crippen molar-refractivity contribution in [2.45, 2.75) is 12.8 Å². The van der Waals surface area contributed by atoms with Gasteiger partial charge >= 0.3 is 0 Å². The molecule has 2 heterocycles. The molecular formula is C18H16N2O2. The molecule has 0 spiro atoms. The van der Waals surface area contributed by atoms with Crippen LogP contribution in [0.1, 0.15) is 18.5 Å². The summed E-state index contributed by atoms with van der Waals surface area (Å²) in [7, 11) is 0. The Morgan fingerprint density at radius 2 is 2.05 bits per heavy atom. The molecule has 1 aromatic heterocycles. The van der Waals surface area contributed by atoms with Crippen LogP contribution in [0, 0.1) is 0 Å². The lowest BCUT2D eigenvalue weighted by Crippen LogP contribution is -2.34. The van der Waals surface area contributed by atoms with Crippen molar-refractivity contribution in [2.75, 3.05) is 6.54 Å². The maximum atomic E-state index is 12.2. The van der Waals surface area contributed by atoms with E-state index in [1.54, 1.807) is 6.08 Å². The molecule has 22 heavy (non-hydrogen) atoms. The largest absolute Gasteiger partial charge is 0.275 e. The quantitative estimate of drug-likeness (QED) is 0.800. The van der Waals surface area contributed by atoms with E-state index in [0.29, 0.717) is 12.2 Å². The zero-order valence-electron chi connectivity index (χ0n) is 12.1. The molecule has 4 heteroatoms. The molecule has 1 aliphatic heterocycles. The molecule has 110 valence electrons. The zero-order valence-corrected chi connectivity index (χ0v) is 12.1. The van der Waals surface area contributed by atoms with Crippen LogP contribution in [0.2, 0.25) is 0 Å². The summed E-state index contributed by atoms with van der Waals surface area (Å²) in [6, 6.07) is 11.6. The number of nitrogens with zero attached hydrogens (tertiary/aromatic N) is 2. The van der Waals surface area contributed by atoms with Crippen molar-refractivity contribution < 1.29 is 9.59 Å². The fraction of sp³-hybridized carbons (Fsp3) is 0.167. The highest BCUT2D eigenvalue weighted by Gasteiger charge is 2.18. The van der Waals surface area contributed by atoms with Crippen molar-refractivity contribution >= 4 is 28.8 Å². The number of hydrogen-bond donors (Lipinski definition) is 0. The second-order valence-electron chi connectivity index (χ2n) is 5.13. The Bertz CT molecular complexity index is 778. The number of aromatic nitrogens is 1. The van der Waals surface area contributed by atoms with E-state index < -0.39 is 0 Å². The molecule has 0 saturated heterocycles. The van der Waals surface area contributed by atoms with Crippen LogP contribution in [-0.4, -0.2) is 28.2 Å². The number of pyridine rings is 1. The molecule has 0 atom stereocenters. The van der Waals surface area contributed by atoms with Crippen LogP contribution in [0.25, 0.3) is 17.0 Å². The fourth-order valence-electron chi connectivity index (χ4n) is 2.39. The van der Waals surface area contributed by atoms with Crippen LogP contribution >= 0.6 is 0 Å². The lowest BCUT2D eigenvalue weighted by molar-refractivity contribution is -0.138. The minimum absolute atomic E-state index is 0.251. The Hall–Kier alpha value is -2.75. The van der Waals surface area contributed by atoms with Crippen LogP contribution in [-0.2, 0) is 9.59 Å². The standard InChI is InChI=1S/C18H16N2O2/c21-17-8-2-1-5-13-20(17)18(22)12-11-15-10-9-14-6-3-4-7-16(14)19-15/h2-4,6-12H,1,5,13H2. The van der Waals surface area contributed by atoms with Gasteiger partial charge in [-0.1, -0.05) is 30.3 Å². The van der Waals surface area contributed by atoms with Crippen LogP contribution in [0.15, 0.2) is 54.6 Å². The Kier molecular flexibility index (Phi) is 4.10. The first-order chi connectivity index (χ1) is 10.7. The van der Waals surface area contributed by atoms with Gasteiger partial charge in [-0.25, -0.2) is 4.98 Å². The van der Waals surface area contributed by atoms with E-state index in [0.717, 1.165) is 23.7 Å². The number of rotatable bonds is 2. The Balaban J connectivity index is 1.78. The Morgan fingerprint density at radius 1 is 1.18 bits per heavy atom. The number of benzene rings is 1. The molecule has 3 rings (SSSR count). The predicted molar refractivity (Wildman–Crippen MR) is 85.9 cm³/mol. The first-order valence-electron chi connectivity index (χ1n) is 7.30. The maximum absolute atomic E-state index is 12.2. The summed E-state index contributed by atoms with van der Waals surface area (Å²) in [6.45, 7) is 0.458. The summed E-state index contributed by atoms with van der Waals surface area (Å²) in [4.78, 5) is 29.7. The molecular weight excluding hydrogens is 276 g/mol. The van der Waals surface area contributed by atoms with E-state index in [9.17, 15) is 9.59 Å². The van der Waals surface area contributed by atoms with E-state index in [1.807, 2.05) is 42.5 Å². The molecule has 2 amide bonds. The maximum Gasteiger partial charge on any atom is 0.253 e. The molecule has 4 nitrogen and oxygen atoms in total. The second-order valence-corrected chi connectivity index (χ2v) is 5.13. The van der Waals surface area contributed by atoms with Crippen molar-refractivity contribution in [3.8, 4) is 0 Å². The monoisotopic (exact) mass is 292 g/mol. The van der Waals surface area contributed by atoms with Gasteiger partial charge in [-0.15, -0.1) is 0 Å². The number of amides is 2. The zero-order chi connectivity index (χ0) is 15.4. The average Bonchev–Trinajstić information content (AvgIpc) is 2.77. The SMILES string of the molecule is O=C1C=CCCCN1C(=O)C=Cc1ccc2ccccc2n1. The van der Waals surface area contributed by atoms with Gasteiger partial charge in [0, 0.05) is 18.0 Å². The van der Waals surface area contributed by atoms with Crippen molar-refractivity contribution in [1.29, 1.82) is 0 Å². The second kappa shape index (κ2) is 6.35. The Labute approximate surface area is 128 Å². The summed E-state index contributed by atoms with van der Waals surface area (Å²) in [5, 5.41) is 1.05. The third kappa shape index (κ3) is 3.11. The lowest BCUT2D eigenvalue weighted by Gasteiger charge is -2.15. The van der Waals surface area contributed by atoms with Crippen molar-refractivity contribution in [1.82, 2.24) is 9.88 Å². The van der Waals surface area contributed by atoms with E-state index in [-0.39, 0.29) is 11.8 Å². The van der Waals surface area contributed by atoms with Crippen molar-refractivity contribution in [2.24, 2.45) is 0 Å². The number of carbonyl (C=O) groups excluding carboxylic acids is 2. The smallest absolute Gasteiger partial charge is 0.253 e. The third-order valence-electron chi connectivity index (χ3n) is 3.56. The fourth-order valence-corrected chi connectivity index (χ4v) is 2.39. The first kappa shape index (κ1) is 14.2. The molecule has 0 aliphatic carbocycles. The molecule has 0 fully saturated rings. The molecule has 2 aromatic rings. The predicted octanol–water partition coefficient (Wildman–Crippen LogP) is 2.95. The van der Waals surface area contributed by atoms with E-state index >= 15 is 0 Å². The number of para-hydroxylation sites is 1. The molecule has 0 N–H and O–H groups in total. The summed E-state index contributed by atoms with van der Waals surface area (Å²) in [6.07, 6.45) is 7.96. The molecule has 1 aromatic carbocycles. The summed E-state index contributed by atoms with van der Waals surface area (Å²) in [5.74, 6) is -0.551. The van der Waals surface area contributed by atoms with Crippen LogP contribution in [0.5, 0.6) is 0 Å². The number of carbonyl (C=O) groups is 2. The van der Waals surface area contributed by atoms with Gasteiger partial charge in [0.15, 0.2) is 0 Å². The van der Waals surface area contributed by atoms with Gasteiger partial charge in [-0.3, -0.25) is 14.5 Å². The highest BCUT2D eigenvalue weighted by molar-refractivity contribution is 6.06. The highest BCUT2D eigenvalue weighted by atomic mass is 16.2. The van der Waals surface area contributed by atoms with Gasteiger partial charge in [0.2, 0.25) is 0 Å². The molecule has 1 aliphatic rings. The number of fused-ring (bicyclic) bond motifs is 1. The topological polar surface area (TPSA) is 50.3 Å². The normalized spacial score (nSPS) is 15.5. The van der Waals surface area contributed by atoms with Gasteiger partial charge in [0.25, 0.3) is 11.8 Å². The summed E-state index contributed by atoms with van der Waals surface area (Å²) in [5.41, 5.74) is 1.58. The van der Waals surface area contributed by atoms with E-state index in [4.69, 9.17) is 0 Å². The molecule has 0 bridgehead atoms. The van der Waals surface area contributed by atoms with Gasteiger partial charge in [0.1, 0.15) is 0 Å². The molecule has 0 saturated carbocycles. The minimum Gasteiger partial charge on any atom is -0.275 e. The van der Waals surface area contributed by atoms with E-state index in [2.05, 4.69) is 4.98 Å². The van der Waals surface area contributed by atoms with Gasteiger partial charge in [0.05, 0.1) is 11.2 Å². The van der Waals surface area contributed by atoms with Crippen molar-refractivity contribution in [3.63, 3.8) is 0 Å². The van der Waals surface area contributed by atoms with Gasteiger partial charge < -0.3 is 0 Å². The lowest BCUT2D eigenvalue weighted by atomic mass is 10.2. The van der Waals surface area contributed by atoms with Gasteiger partial charge in [-0.2, -0.15) is 0 Å². The summed E-state index contributed by atoms with van der Waals surface area (Å²) >= 11 is 0. The van der Waals surface area contributed by atoms with Crippen LogP contribution in [0.4, 0.5) is 0 Å². The molecule has 0 radical (unpaired) electrons. The Morgan fingerprint density at radius 3 is 2.95 bits per heavy atom. The van der Waals surface area contributed by atoms with Gasteiger partial charge in [-0.05, 0) is 37.1 Å². The molecule has 0 unspecified atom stereocenters. The van der Waals surface area contributed by atoms with Crippen LogP contribution < -0.4 is 0 Å². The summed E-state index contributed by atoms with van der Waals surface area (Å²) < 4.78 is 0. The van der Waals surface area contributed by atoms with E-state index in [1.165, 1.54) is 17.1 Å². The minimum atomic E-state index is -0.300. The number of allylic oxidation sites excluding steroid dienone is 1. The first-order valence-corrected chi connectivity index (χ1v) is 7.30.